The van der Waals surface area contributed by atoms with Gasteiger partial charge in [-0.05, 0) is 43.6 Å². The van der Waals surface area contributed by atoms with E-state index in [1.165, 1.54) is 64.2 Å². The summed E-state index contributed by atoms with van der Waals surface area (Å²) < 4.78 is 18.0. The zero-order valence-electron chi connectivity index (χ0n) is 17.3. The quantitative estimate of drug-likeness (QED) is 0.126. The number of hydrogen-bond donors (Lipinski definition) is 2. The van der Waals surface area contributed by atoms with Crippen LogP contribution in [-0.4, -0.2) is 37.3 Å². The summed E-state index contributed by atoms with van der Waals surface area (Å²) in [5, 5.41) is 0. The first kappa shape index (κ1) is 26.6. The van der Waals surface area contributed by atoms with Gasteiger partial charge in [0, 0.05) is 6.92 Å². The molecule has 158 valence electrons. The highest BCUT2D eigenvalue weighted by Gasteiger charge is 2.26. The van der Waals surface area contributed by atoms with Gasteiger partial charge in [0.1, 0.15) is 0 Å². The third kappa shape index (κ3) is 18.0. The van der Waals surface area contributed by atoms with Gasteiger partial charge in [0.2, 0.25) is 0 Å². The maximum atomic E-state index is 6.00. The van der Waals surface area contributed by atoms with Crippen LogP contribution in [0, 0.1) is 0 Å². The molecule has 0 saturated carbocycles. The molecule has 0 heterocycles. The second-order valence-electron chi connectivity index (χ2n) is 7.10. The van der Waals surface area contributed by atoms with Crippen LogP contribution in [0.15, 0.2) is 0 Å². The van der Waals surface area contributed by atoms with Gasteiger partial charge in [0.05, 0.1) is 19.8 Å². The molecular weight excluding hydrogens is 364 g/mol. The predicted octanol–water partition coefficient (Wildman–Crippen LogP) is 6.66. The molecular formula is C21H44O3S2. The van der Waals surface area contributed by atoms with Gasteiger partial charge in [-0.2, -0.15) is 25.3 Å². The molecule has 0 spiro atoms. The number of hydrogen-bond acceptors (Lipinski definition) is 5. The summed E-state index contributed by atoms with van der Waals surface area (Å²) in [4.78, 5) is 0. The topological polar surface area (TPSA) is 27.7 Å². The molecule has 0 aromatic heterocycles. The zero-order chi connectivity index (χ0) is 19.3. The van der Waals surface area contributed by atoms with Crippen molar-refractivity contribution in [3.63, 3.8) is 0 Å². The van der Waals surface area contributed by atoms with Crippen LogP contribution in [0.3, 0.4) is 0 Å². The minimum atomic E-state index is -0.891. The highest BCUT2D eigenvalue weighted by Crippen LogP contribution is 2.18. The van der Waals surface area contributed by atoms with Crippen LogP contribution >= 0.6 is 25.3 Å². The maximum Gasteiger partial charge on any atom is 0.279 e. The molecule has 0 aliphatic rings. The first-order valence-electron chi connectivity index (χ1n) is 10.8. The molecule has 0 unspecified atom stereocenters. The summed E-state index contributed by atoms with van der Waals surface area (Å²) >= 11 is 8.51. The van der Waals surface area contributed by atoms with Gasteiger partial charge in [-0.15, -0.1) is 0 Å². The van der Waals surface area contributed by atoms with Crippen molar-refractivity contribution in [3.8, 4) is 0 Å². The summed E-state index contributed by atoms with van der Waals surface area (Å²) in [5.74, 6) is 1.05. The van der Waals surface area contributed by atoms with E-state index in [0.29, 0.717) is 19.8 Å². The molecule has 0 amide bonds. The van der Waals surface area contributed by atoms with Gasteiger partial charge in [0.25, 0.3) is 5.97 Å². The molecule has 0 aliphatic heterocycles. The number of unbranched alkanes of at least 4 members (excludes halogenated alkanes) is 10. The summed E-state index contributed by atoms with van der Waals surface area (Å²) in [6, 6.07) is 0. The highest BCUT2D eigenvalue weighted by molar-refractivity contribution is 7.80. The zero-order valence-corrected chi connectivity index (χ0v) is 19.1. The lowest BCUT2D eigenvalue weighted by Gasteiger charge is -2.30. The fourth-order valence-corrected chi connectivity index (χ4v) is 3.19. The second-order valence-corrected chi connectivity index (χ2v) is 7.99. The largest absolute Gasteiger partial charge is 0.328 e. The Morgan fingerprint density at radius 3 is 1.23 bits per heavy atom. The summed E-state index contributed by atoms with van der Waals surface area (Å²) in [5.41, 5.74) is 0. The third-order valence-electron chi connectivity index (χ3n) is 4.45. The van der Waals surface area contributed by atoms with Gasteiger partial charge in [-0.1, -0.05) is 58.3 Å². The highest BCUT2D eigenvalue weighted by atomic mass is 32.1. The molecule has 0 aromatic carbocycles. The number of thiol groups is 2. The predicted molar refractivity (Wildman–Crippen MR) is 120 cm³/mol. The third-order valence-corrected chi connectivity index (χ3v) is 5.08. The Bertz CT molecular complexity index is 237. The maximum absolute atomic E-state index is 6.00. The Morgan fingerprint density at radius 1 is 0.538 bits per heavy atom. The molecule has 0 saturated heterocycles. The van der Waals surface area contributed by atoms with Crippen molar-refractivity contribution in [2.75, 3.05) is 31.3 Å². The fourth-order valence-electron chi connectivity index (χ4n) is 2.74. The molecule has 26 heavy (non-hydrogen) atoms. The van der Waals surface area contributed by atoms with Crippen molar-refractivity contribution in [2.45, 2.75) is 103 Å². The Labute approximate surface area is 174 Å². The number of rotatable bonds is 21. The van der Waals surface area contributed by atoms with Crippen LogP contribution in [0.2, 0.25) is 0 Å². The average Bonchev–Trinajstić information content (AvgIpc) is 2.64. The van der Waals surface area contributed by atoms with E-state index in [9.17, 15) is 0 Å². The molecule has 0 aliphatic carbocycles. The lowest BCUT2D eigenvalue weighted by atomic mass is 10.2. The average molecular weight is 409 g/mol. The van der Waals surface area contributed by atoms with Crippen LogP contribution in [0.5, 0.6) is 0 Å². The first-order valence-corrected chi connectivity index (χ1v) is 12.1. The lowest BCUT2D eigenvalue weighted by Crippen LogP contribution is -2.37. The van der Waals surface area contributed by atoms with E-state index in [1.807, 2.05) is 6.92 Å². The Kier molecular flexibility index (Phi) is 20.8. The Hall–Kier alpha value is 0.580. The number of ether oxygens (including phenoxy) is 3. The van der Waals surface area contributed by atoms with Gasteiger partial charge < -0.3 is 14.2 Å². The monoisotopic (exact) mass is 408 g/mol. The van der Waals surface area contributed by atoms with Crippen LogP contribution in [0.4, 0.5) is 0 Å². The van der Waals surface area contributed by atoms with Crippen LogP contribution in [0.25, 0.3) is 0 Å². The van der Waals surface area contributed by atoms with Crippen molar-refractivity contribution < 1.29 is 14.2 Å². The Balaban J connectivity index is 4.02. The lowest BCUT2D eigenvalue weighted by molar-refractivity contribution is -0.370. The molecule has 0 aromatic rings. The van der Waals surface area contributed by atoms with E-state index in [-0.39, 0.29) is 0 Å². The van der Waals surface area contributed by atoms with E-state index >= 15 is 0 Å². The van der Waals surface area contributed by atoms with Crippen LogP contribution in [0.1, 0.15) is 97.3 Å². The van der Waals surface area contributed by atoms with Crippen molar-refractivity contribution in [1.29, 1.82) is 0 Å². The van der Waals surface area contributed by atoms with Gasteiger partial charge >= 0.3 is 0 Å². The molecule has 0 radical (unpaired) electrons. The summed E-state index contributed by atoms with van der Waals surface area (Å²) in [6.07, 6.45) is 15.4. The van der Waals surface area contributed by atoms with Gasteiger partial charge in [-0.3, -0.25) is 0 Å². The van der Waals surface area contributed by atoms with Crippen molar-refractivity contribution in [2.24, 2.45) is 0 Å². The van der Waals surface area contributed by atoms with E-state index in [2.05, 4.69) is 32.2 Å². The first-order chi connectivity index (χ1) is 12.7. The minimum absolute atomic E-state index is 0.693. The molecule has 0 N–H and O–H groups in total. The minimum Gasteiger partial charge on any atom is -0.328 e. The van der Waals surface area contributed by atoms with Gasteiger partial charge in [-0.25, -0.2) is 0 Å². The van der Waals surface area contributed by atoms with Crippen molar-refractivity contribution in [1.82, 2.24) is 0 Å². The standard InChI is InChI=1S/C21H44O3S2/c1-3-4-5-6-11-16-22-21(2,23-17-12-7-9-14-19-25)24-18-13-8-10-15-20-26/h25-26H,3-20H2,1-2H3. The Morgan fingerprint density at radius 2 is 0.885 bits per heavy atom. The molecule has 0 bridgehead atoms. The molecule has 0 rings (SSSR count). The van der Waals surface area contributed by atoms with E-state index < -0.39 is 5.97 Å². The van der Waals surface area contributed by atoms with Crippen LogP contribution < -0.4 is 0 Å². The van der Waals surface area contributed by atoms with E-state index in [1.54, 1.807) is 0 Å². The van der Waals surface area contributed by atoms with Crippen LogP contribution in [-0.2, 0) is 14.2 Å². The second kappa shape index (κ2) is 20.3. The summed E-state index contributed by atoms with van der Waals surface area (Å²) in [6.45, 7) is 6.26. The SMILES string of the molecule is CCCCCCCOC(C)(OCCCCCCS)OCCCCCCS. The smallest absolute Gasteiger partial charge is 0.279 e. The molecule has 3 nitrogen and oxygen atoms in total. The van der Waals surface area contributed by atoms with Crippen molar-refractivity contribution >= 4 is 25.3 Å². The van der Waals surface area contributed by atoms with E-state index in [0.717, 1.165) is 30.8 Å². The molecule has 5 heteroatoms. The van der Waals surface area contributed by atoms with Gasteiger partial charge in [0.15, 0.2) is 0 Å². The fraction of sp³-hybridized carbons (Fsp3) is 1.00. The van der Waals surface area contributed by atoms with E-state index in [4.69, 9.17) is 14.2 Å². The molecule has 0 atom stereocenters. The summed E-state index contributed by atoms with van der Waals surface area (Å²) in [7, 11) is 0. The normalized spacial score (nSPS) is 12.0. The van der Waals surface area contributed by atoms with Crippen molar-refractivity contribution in [3.05, 3.63) is 0 Å². The molecule has 0 fully saturated rings.